The molecular formula is C24H25FN4O2. The summed E-state index contributed by atoms with van der Waals surface area (Å²) in [5, 5.41) is 2.91. The molecule has 7 heteroatoms. The first kappa shape index (κ1) is 20.8. The zero-order valence-electron chi connectivity index (χ0n) is 17.6. The van der Waals surface area contributed by atoms with Gasteiger partial charge in [-0.2, -0.15) is 0 Å². The Balaban J connectivity index is 1.49. The van der Waals surface area contributed by atoms with Gasteiger partial charge in [-0.1, -0.05) is 18.2 Å². The Kier molecular flexibility index (Phi) is 6.11. The van der Waals surface area contributed by atoms with Crippen LogP contribution in [0.3, 0.4) is 0 Å². The van der Waals surface area contributed by atoms with Crippen LogP contribution in [0.1, 0.15) is 24.0 Å². The molecule has 6 nitrogen and oxygen atoms in total. The molecule has 1 atom stereocenters. The van der Waals surface area contributed by atoms with Gasteiger partial charge in [0.05, 0.1) is 5.92 Å². The molecule has 0 aliphatic carbocycles. The average Bonchev–Trinajstić information content (AvgIpc) is 2.78. The molecule has 160 valence electrons. The Labute approximate surface area is 181 Å². The first-order valence-corrected chi connectivity index (χ1v) is 10.4. The third-order valence-electron chi connectivity index (χ3n) is 5.46. The number of nitrogens with one attached hydrogen (secondary N) is 1. The van der Waals surface area contributed by atoms with Gasteiger partial charge in [0.2, 0.25) is 5.91 Å². The average molecular weight is 420 g/mol. The zero-order chi connectivity index (χ0) is 21.8. The Hall–Kier alpha value is -3.48. The second-order valence-electron chi connectivity index (χ2n) is 7.79. The number of hydrogen-bond donors (Lipinski definition) is 1. The molecule has 1 amide bonds. The maximum Gasteiger partial charge on any atom is 0.263 e. The lowest BCUT2D eigenvalue weighted by Crippen LogP contribution is -2.41. The predicted molar refractivity (Wildman–Crippen MR) is 118 cm³/mol. The van der Waals surface area contributed by atoms with Crippen molar-refractivity contribution in [1.82, 2.24) is 9.97 Å². The summed E-state index contributed by atoms with van der Waals surface area (Å²) in [6.45, 7) is 4.93. The van der Waals surface area contributed by atoms with Crippen LogP contribution in [0.15, 0.2) is 54.9 Å². The highest BCUT2D eigenvalue weighted by atomic mass is 19.1. The minimum absolute atomic E-state index is 0.0824. The molecule has 31 heavy (non-hydrogen) atoms. The Morgan fingerprint density at radius 3 is 2.74 bits per heavy atom. The number of rotatable bonds is 5. The van der Waals surface area contributed by atoms with Crippen LogP contribution in [0, 0.1) is 25.6 Å². The molecule has 3 aromatic rings. The molecule has 1 unspecified atom stereocenters. The van der Waals surface area contributed by atoms with Crippen molar-refractivity contribution in [3.8, 4) is 11.6 Å². The van der Waals surface area contributed by atoms with E-state index in [4.69, 9.17) is 4.74 Å². The monoisotopic (exact) mass is 420 g/mol. The Morgan fingerprint density at radius 1 is 1.13 bits per heavy atom. The molecule has 0 bridgehead atoms. The number of anilines is 2. The summed E-state index contributed by atoms with van der Waals surface area (Å²) in [4.78, 5) is 23.8. The predicted octanol–water partition coefficient (Wildman–Crippen LogP) is 4.88. The molecule has 1 saturated heterocycles. The van der Waals surface area contributed by atoms with Gasteiger partial charge in [0.1, 0.15) is 11.6 Å². The second kappa shape index (κ2) is 9.12. The maximum absolute atomic E-state index is 13.5. The van der Waals surface area contributed by atoms with Gasteiger partial charge in [0, 0.05) is 31.2 Å². The fourth-order valence-corrected chi connectivity index (χ4v) is 3.73. The molecule has 2 aromatic carbocycles. The summed E-state index contributed by atoms with van der Waals surface area (Å²) >= 11 is 0. The van der Waals surface area contributed by atoms with Gasteiger partial charge < -0.3 is 15.0 Å². The summed E-state index contributed by atoms with van der Waals surface area (Å²) in [5.74, 6) is 1.19. The second-order valence-corrected chi connectivity index (χ2v) is 7.79. The standard InChI is InChI=1S/C24H25FN4O2/c1-16-6-3-4-8-21(16)31-24-22(26-11-12-27-24)29-13-5-7-18(15-29)23(30)28-19-9-10-20(25)17(2)14-19/h3-4,6,8-12,14,18H,5,7,13,15H2,1-2H3,(H,28,30). The molecule has 4 rings (SSSR count). The van der Waals surface area contributed by atoms with Crippen LogP contribution in [0.4, 0.5) is 15.9 Å². The number of hydrogen-bond acceptors (Lipinski definition) is 5. The van der Waals surface area contributed by atoms with Crippen LogP contribution < -0.4 is 15.0 Å². The zero-order valence-corrected chi connectivity index (χ0v) is 17.6. The molecule has 1 fully saturated rings. The van der Waals surface area contributed by atoms with Crippen LogP contribution >= 0.6 is 0 Å². The van der Waals surface area contributed by atoms with Gasteiger partial charge in [0.25, 0.3) is 5.88 Å². The number of amides is 1. The van der Waals surface area contributed by atoms with Crippen LogP contribution in [-0.2, 0) is 4.79 Å². The number of nitrogens with zero attached hydrogens (tertiary/aromatic N) is 3. The van der Waals surface area contributed by atoms with Crippen LogP contribution in [0.5, 0.6) is 11.6 Å². The van der Waals surface area contributed by atoms with E-state index in [9.17, 15) is 9.18 Å². The molecule has 1 aliphatic rings. The van der Waals surface area contributed by atoms with Crippen molar-refractivity contribution >= 4 is 17.4 Å². The lowest BCUT2D eigenvalue weighted by atomic mass is 9.97. The lowest BCUT2D eigenvalue weighted by Gasteiger charge is -2.33. The van der Waals surface area contributed by atoms with E-state index in [1.165, 1.54) is 6.07 Å². The maximum atomic E-state index is 13.5. The quantitative estimate of drug-likeness (QED) is 0.637. The number of aromatic nitrogens is 2. The summed E-state index contributed by atoms with van der Waals surface area (Å²) in [6.07, 6.45) is 4.85. The highest BCUT2D eigenvalue weighted by Crippen LogP contribution is 2.32. The molecule has 0 radical (unpaired) electrons. The van der Waals surface area contributed by atoms with Gasteiger partial charge in [-0.3, -0.25) is 4.79 Å². The number of para-hydroxylation sites is 1. The number of piperidine rings is 1. The third kappa shape index (κ3) is 4.82. The van der Waals surface area contributed by atoms with E-state index < -0.39 is 0 Å². The van der Waals surface area contributed by atoms with Crippen molar-refractivity contribution in [3.63, 3.8) is 0 Å². The van der Waals surface area contributed by atoms with Crippen LogP contribution in [0.25, 0.3) is 0 Å². The molecule has 1 aromatic heterocycles. The van der Waals surface area contributed by atoms with Crippen molar-refractivity contribution in [2.45, 2.75) is 26.7 Å². The molecule has 2 heterocycles. The minimum atomic E-state index is -0.286. The van der Waals surface area contributed by atoms with E-state index in [0.717, 1.165) is 30.7 Å². The van der Waals surface area contributed by atoms with Gasteiger partial charge in [-0.15, -0.1) is 0 Å². The summed E-state index contributed by atoms with van der Waals surface area (Å²) in [6, 6.07) is 12.3. The van der Waals surface area contributed by atoms with E-state index in [0.29, 0.717) is 29.5 Å². The molecule has 1 aliphatic heterocycles. The summed E-state index contributed by atoms with van der Waals surface area (Å²) < 4.78 is 19.6. The highest BCUT2D eigenvalue weighted by molar-refractivity contribution is 5.93. The minimum Gasteiger partial charge on any atom is -0.436 e. The third-order valence-corrected chi connectivity index (χ3v) is 5.46. The number of ether oxygens (including phenoxy) is 1. The van der Waals surface area contributed by atoms with E-state index >= 15 is 0 Å². The number of benzene rings is 2. The highest BCUT2D eigenvalue weighted by Gasteiger charge is 2.28. The Bertz CT molecular complexity index is 1090. The fraction of sp³-hybridized carbons (Fsp3) is 0.292. The van der Waals surface area contributed by atoms with Crippen molar-refractivity contribution in [2.24, 2.45) is 5.92 Å². The van der Waals surface area contributed by atoms with E-state index in [-0.39, 0.29) is 17.6 Å². The van der Waals surface area contributed by atoms with Gasteiger partial charge in [-0.05, 0) is 62.1 Å². The number of carbonyl (C=O) groups excluding carboxylic acids is 1. The van der Waals surface area contributed by atoms with Gasteiger partial charge in [-0.25, -0.2) is 14.4 Å². The summed E-state index contributed by atoms with van der Waals surface area (Å²) in [5.41, 5.74) is 2.11. The van der Waals surface area contributed by atoms with Crippen molar-refractivity contribution in [3.05, 3.63) is 71.8 Å². The first-order valence-electron chi connectivity index (χ1n) is 10.4. The SMILES string of the molecule is Cc1cc(NC(=O)C2CCCN(c3nccnc3Oc3ccccc3C)C2)ccc1F. The lowest BCUT2D eigenvalue weighted by molar-refractivity contribution is -0.120. The normalized spacial score (nSPS) is 16.1. The number of halogens is 1. The molecule has 1 N–H and O–H groups in total. The van der Waals surface area contributed by atoms with Gasteiger partial charge >= 0.3 is 0 Å². The molecule has 0 spiro atoms. The van der Waals surface area contributed by atoms with E-state index in [1.54, 1.807) is 31.5 Å². The fourth-order valence-electron chi connectivity index (χ4n) is 3.73. The first-order chi connectivity index (χ1) is 15.0. The smallest absolute Gasteiger partial charge is 0.263 e. The van der Waals surface area contributed by atoms with E-state index in [2.05, 4.69) is 15.3 Å². The number of aryl methyl sites for hydroxylation is 2. The van der Waals surface area contributed by atoms with Crippen LogP contribution in [0.2, 0.25) is 0 Å². The molecular weight excluding hydrogens is 395 g/mol. The number of carbonyl (C=O) groups is 1. The van der Waals surface area contributed by atoms with Crippen molar-refractivity contribution < 1.29 is 13.9 Å². The topological polar surface area (TPSA) is 67.4 Å². The van der Waals surface area contributed by atoms with Crippen LogP contribution in [-0.4, -0.2) is 29.0 Å². The Morgan fingerprint density at radius 2 is 1.94 bits per heavy atom. The largest absolute Gasteiger partial charge is 0.436 e. The van der Waals surface area contributed by atoms with E-state index in [1.807, 2.05) is 36.1 Å². The van der Waals surface area contributed by atoms with Crippen molar-refractivity contribution in [1.29, 1.82) is 0 Å². The van der Waals surface area contributed by atoms with Gasteiger partial charge in [0.15, 0.2) is 5.82 Å². The summed E-state index contributed by atoms with van der Waals surface area (Å²) in [7, 11) is 0. The molecule has 0 saturated carbocycles. The van der Waals surface area contributed by atoms with Crippen molar-refractivity contribution in [2.75, 3.05) is 23.3 Å².